The van der Waals surface area contributed by atoms with E-state index in [2.05, 4.69) is 15.0 Å². The highest BCUT2D eigenvalue weighted by molar-refractivity contribution is 7.91. The fraction of sp³-hybridized carbons (Fsp3) is 0.375. The number of carbonyl (C=O) groups is 1. The third kappa shape index (κ3) is 6.57. The van der Waals surface area contributed by atoms with Crippen LogP contribution in [0.25, 0.3) is 0 Å². The van der Waals surface area contributed by atoms with Crippen LogP contribution in [-0.2, 0) is 33.7 Å². The largest absolute Gasteiger partial charge is 0.350 e. The van der Waals surface area contributed by atoms with Crippen molar-refractivity contribution < 1.29 is 13.2 Å². The van der Waals surface area contributed by atoms with Gasteiger partial charge >= 0.3 is 0 Å². The van der Waals surface area contributed by atoms with Crippen molar-refractivity contribution >= 4 is 21.6 Å². The minimum absolute atomic E-state index is 0.0317. The molecule has 9 nitrogen and oxygen atoms in total. The summed E-state index contributed by atoms with van der Waals surface area (Å²) in [5.41, 5.74) is 1.78. The highest BCUT2D eigenvalue weighted by atomic mass is 32.2. The van der Waals surface area contributed by atoms with Crippen LogP contribution < -0.4 is 15.6 Å². The van der Waals surface area contributed by atoms with Gasteiger partial charge in [0.25, 0.3) is 5.56 Å². The number of aromatic nitrogens is 3. The number of benzene rings is 1. The van der Waals surface area contributed by atoms with Crippen LogP contribution in [0, 0.1) is 13.8 Å². The molecule has 0 unspecified atom stereocenters. The summed E-state index contributed by atoms with van der Waals surface area (Å²) in [5, 5.41) is 2.91. The van der Waals surface area contributed by atoms with E-state index in [-0.39, 0.29) is 36.0 Å². The van der Waals surface area contributed by atoms with E-state index >= 15 is 0 Å². The maximum absolute atomic E-state index is 13.2. The van der Waals surface area contributed by atoms with E-state index in [1.54, 1.807) is 55.1 Å². The van der Waals surface area contributed by atoms with Crippen LogP contribution in [0.5, 0.6) is 0 Å². The maximum Gasteiger partial charge on any atom is 0.275 e. The topological polar surface area (TPSA) is 115 Å². The van der Waals surface area contributed by atoms with E-state index in [0.29, 0.717) is 22.6 Å². The number of carbonyl (C=O) groups excluding carboxylic acids is 1. The summed E-state index contributed by atoms with van der Waals surface area (Å²) in [6.07, 6.45) is 1.57. The van der Waals surface area contributed by atoms with Crippen molar-refractivity contribution in [2.45, 2.75) is 59.0 Å². The van der Waals surface area contributed by atoms with Crippen molar-refractivity contribution in [1.29, 1.82) is 0 Å². The monoisotopic (exact) mass is 485 g/mol. The van der Waals surface area contributed by atoms with Gasteiger partial charge in [0.15, 0.2) is 0 Å². The minimum atomic E-state index is -3.79. The highest BCUT2D eigenvalue weighted by Crippen LogP contribution is 2.14. The number of sulfonamides is 1. The van der Waals surface area contributed by atoms with Crippen LogP contribution >= 0.6 is 0 Å². The lowest BCUT2D eigenvalue weighted by molar-refractivity contribution is -0.123. The molecule has 0 fully saturated rings. The number of anilines is 1. The molecule has 2 aromatic heterocycles. The molecule has 0 bridgehead atoms. The van der Waals surface area contributed by atoms with Gasteiger partial charge in [-0.15, -0.1) is 0 Å². The quantitative estimate of drug-likeness (QED) is 0.509. The summed E-state index contributed by atoms with van der Waals surface area (Å²) in [6.45, 7) is 9.49. The Morgan fingerprint density at radius 1 is 1.06 bits per heavy atom. The summed E-state index contributed by atoms with van der Waals surface area (Å²) in [4.78, 5) is 29.9. The van der Waals surface area contributed by atoms with Crippen molar-refractivity contribution in [3.8, 4) is 0 Å². The van der Waals surface area contributed by atoms with Crippen LogP contribution in [0.1, 0.15) is 43.4 Å². The zero-order valence-electron chi connectivity index (χ0n) is 20.1. The fourth-order valence-electron chi connectivity index (χ4n) is 3.55. The molecule has 0 aliphatic heterocycles. The lowest BCUT2D eigenvalue weighted by Gasteiger charge is -2.21. The second-order valence-corrected chi connectivity index (χ2v) is 11.1. The molecule has 182 valence electrons. The average molecular weight is 486 g/mol. The molecule has 0 aliphatic rings. The molecule has 0 saturated carbocycles. The summed E-state index contributed by atoms with van der Waals surface area (Å²) in [6, 6.07) is 11.9. The van der Waals surface area contributed by atoms with Gasteiger partial charge < -0.3 is 14.5 Å². The third-order valence-electron chi connectivity index (χ3n) is 5.15. The molecular formula is C24H31N5O4S. The van der Waals surface area contributed by atoms with Gasteiger partial charge in [0.05, 0.1) is 30.0 Å². The van der Waals surface area contributed by atoms with Gasteiger partial charge in [0.1, 0.15) is 12.2 Å². The van der Waals surface area contributed by atoms with Crippen molar-refractivity contribution in [3.05, 3.63) is 81.8 Å². The van der Waals surface area contributed by atoms with Crippen LogP contribution in [-0.4, -0.2) is 34.0 Å². The third-order valence-corrected chi connectivity index (χ3v) is 6.39. The average Bonchev–Trinajstić information content (AvgIpc) is 3.05. The second-order valence-electron chi connectivity index (χ2n) is 9.33. The Bertz CT molecular complexity index is 1340. The Morgan fingerprint density at radius 2 is 1.74 bits per heavy atom. The number of imidazole rings is 1. The van der Waals surface area contributed by atoms with Crippen molar-refractivity contribution in [3.63, 3.8) is 0 Å². The number of rotatable bonds is 8. The molecule has 0 aliphatic carbocycles. The smallest absolute Gasteiger partial charge is 0.275 e. The van der Waals surface area contributed by atoms with Gasteiger partial charge in [0, 0.05) is 11.2 Å². The Balaban J connectivity index is 1.86. The summed E-state index contributed by atoms with van der Waals surface area (Å²) in [7, 11) is -3.79. The zero-order valence-corrected chi connectivity index (χ0v) is 20.9. The molecule has 0 spiro atoms. The molecule has 0 radical (unpaired) electrons. The minimum Gasteiger partial charge on any atom is -0.350 e. The van der Waals surface area contributed by atoms with E-state index in [4.69, 9.17) is 0 Å². The number of hydrogen-bond donors (Lipinski definition) is 2. The zero-order chi connectivity index (χ0) is 25.1. The van der Waals surface area contributed by atoms with Crippen molar-refractivity contribution in [2.24, 2.45) is 0 Å². The molecule has 1 amide bonds. The Labute approximate surface area is 199 Å². The summed E-state index contributed by atoms with van der Waals surface area (Å²) in [5.74, 6) is -0.409. The Morgan fingerprint density at radius 3 is 2.38 bits per heavy atom. The van der Waals surface area contributed by atoms with Gasteiger partial charge in [-0.1, -0.05) is 30.3 Å². The molecule has 0 saturated heterocycles. The highest BCUT2D eigenvalue weighted by Gasteiger charge is 2.19. The van der Waals surface area contributed by atoms with Crippen LogP contribution in [0.2, 0.25) is 0 Å². The van der Waals surface area contributed by atoms with E-state index < -0.39 is 15.6 Å². The van der Waals surface area contributed by atoms with Crippen LogP contribution in [0.15, 0.2) is 53.6 Å². The van der Waals surface area contributed by atoms with Gasteiger partial charge in [-0.25, -0.2) is 13.4 Å². The van der Waals surface area contributed by atoms with Gasteiger partial charge in [-0.05, 0) is 52.3 Å². The number of amides is 1. The first-order chi connectivity index (χ1) is 15.8. The summed E-state index contributed by atoms with van der Waals surface area (Å²) < 4.78 is 30.9. The molecular weight excluding hydrogens is 454 g/mol. The lowest BCUT2D eigenvalue weighted by atomic mass is 10.1. The normalized spacial score (nSPS) is 11.9. The second kappa shape index (κ2) is 9.84. The van der Waals surface area contributed by atoms with E-state index in [9.17, 15) is 18.0 Å². The molecule has 3 aromatic rings. The summed E-state index contributed by atoms with van der Waals surface area (Å²) >= 11 is 0. The molecule has 3 rings (SSSR count). The number of hydrogen-bond acceptors (Lipinski definition) is 5. The Hall–Kier alpha value is -3.40. The first-order valence-electron chi connectivity index (χ1n) is 10.9. The number of nitrogens with zero attached hydrogens (tertiary/aromatic N) is 3. The predicted octanol–water partition coefficient (Wildman–Crippen LogP) is 2.57. The molecule has 10 heteroatoms. The molecule has 34 heavy (non-hydrogen) atoms. The molecule has 2 N–H and O–H groups in total. The van der Waals surface area contributed by atoms with Crippen molar-refractivity contribution in [2.75, 3.05) is 4.72 Å². The van der Waals surface area contributed by atoms with E-state index in [1.807, 2.05) is 26.8 Å². The first kappa shape index (κ1) is 25.2. The van der Waals surface area contributed by atoms with Gasteiger partial charge in [0.2, 0.25) is 15.9 Å². The standard InChI is InChI=1S/C24H31N5O4S/c1-17-11-12-20(27-34(32,33)15-19-9-7-6-8-10-19)23(31)29(17)13-21-18(2)25-16-28(21)14-22(30)26-24(3,4)5/h6-12,16,27H,13-15H2,1-5H3,(H,26,30). The van der Waals surface area contributed by atoms with Gasteiger partial charge in [-0.2, -0.15) is 0 Å². The Kier molecular flexibility index (Phi) is 7.30. The van der Waals surface area contributed by atoms with Crippen LogP contribution in [0.4, 0.5) is 5.69 Å². The number of nitrogens with one attached hydrogen (secondary N) is 2. The SMILES string of the molecule is Cc1ncn(CC(=O)NC(C)(C)C)c1Cn1c(C)ccc(NS(=O)(=O)Cc2ccccc2)c1=O. The molecule has 0 atom stereocenters. The maximum atomic E-state index is 13.2. The first-order valence-corrected chi connectivity index (χ1v) is 12.6. The van der Waals surface area contributed by atoms with E-state index in [1.165, 1.54) is 10.6 Å². The number of pyridine rings is 1. The fourth-order valence-corrected chi connectivity index (χ4v) is 4.75. The van der Waals surface area contributed by atoms with Crippen LogP contribution in [0.3, 0.4) is 0 Å². The number of aryl methyl sites for hydroxylation is 2. The van der Waals surface area contributed by atoms with Crippen molar-refractivity contribution in [1.82, 2.24) is 19.4 Å². The van der Waals surface area contributed by atoms with E-state index in [0.717, 1.165) is 0 Å². The van der Waals surface area contributed by atoms with Gasteiger partial charge in [-0.3, -0.25) is 14.3 Å². The molecule has 2 heterocycles. The predicted molar refractivity (Wildman–Crippen MR) is 132 cm³/mol. The molecule has 1 aromatic carbocycles. The lowest BCUT2D eigenvalue weighted by Crippen LogP contribution is -2.42.